The van der Waals surface area contributed by atoms with Gasteiger partial charge in [-0.3, -0.25) is 9.69 Å². The van der Waals surface area contributed by atoms with Crippen molar-refractivity contribution in [2.24, 2.45) is 0 Å². The molecule has 1 saturated heterocycles. The number of amides is 1. The van der Waals surface area contributed by atoms with Crippen LogP contribution in [-0.4, -0.2) is 42.5 Å². The topological polar surface area (TPSA) is 44.4 Å². The van der Waals surface area contributed by atoms with E-state index in [0.717, 1.165) is 45.4 Å². The van der Waals surface area contributed by atoms with Crippen LogP contribution in [0.5, 0.6) is 0 Å². The molecule has 0 saturated carbocycles. The molecule has 2 heterocycles. The number of carbonyl (C=O) groups excluding carboxylic acids is 1. The van der Waals surface area contributed by atoms with Gasteiger partial charge in [-0.05, 0) is 43.9 Å². The van der Waals surface area contributed by atoms with Crippen LogP contribution in [0.15, 0.2) is 24.3 Å². The van der Waals surface area contributed by atoms with E-state index in [-0.39, 0.29) is 11.9 Å². The lowest BCUT2D eigenvalue weighted by Gasteiger charge is -2.34. The summed E-state index contributed by atoms with van der Waals surface area (Å²) in [6.45, 7) is 5.98. The van der Waals surface area contributed by atoms with Crippen LogP contribution in [0.2, 0.25) is 0 Å². The van der Waals surface area contributed by atoms with Gasteiger partial charge in [0.2, 0.25) is 5.91 Å². The summed E-state index contributed by atoms with van der Waals surface area (Å²) in [5, 5.41) is 6.35. The molecule has 1 amide bonds. The van der Waals surface area contributed by atoms with Gasteiger partial charge in [-0.1, -0.05) is 24.3 Å². The van der Waals surface area contributed by atoms with Crippen molar-refractivity contribution in [2.45, 2.75) is 44.8 Å². The van der Waals surface area contributed by atoms with Crippen molar-refractivity contribution in [3.63, 3.8) is 0 Å². The molecule has 1 aromatic rings. The zero-order valence-corrected chi connectivity index (χ0v) is 12.8. The Hall–Kier alpha value is -1.39. The van der Waals surface area contributed by atoms with E-state index in [0.29, 0.717) is 6.04 Å². The number of nitrogens with one attached hydrogen (secondary N) is 2. The fraction of sp³-hybridized carbons (Fsp3) is 0.588. The minimum Gasteiger partial charge on any atom is -0.353 e. The summed E-state index contributed by atoms with van der Waals surface area (Å²) in [5.41, 5.74) is 2.90. The molecule has 0 aromatic heterocycles. The van der Waals surface area contributed by atoms with Crippen LogP contribution in [0.25, 0.3) is 0 Å². The first-order valence-corrected chi connectivity index (χ1v) is 8.06. The number of rotatable bonds is 4. The number of carbonyl (C=O) groups is 1. The van der Waals surface area contributed by atoms with Gasteiger partial charge in [-0.2, -0.15) is 0 Å². The van der Waals surface area contributed by atoms with Crippen molar-refractivity contribution in [2.75, 3.05) is 19.6 Å². The molecule has 0 radical (unpaired) electrons. The summed E-state index contributed by atoms with van der Waals surface area (Å²) in [6.07, 6.45) is 3.19. The van der Waals surface area contributed by atoms with E-state index in [9.17, 15) is 4.79 Å². The minimum absolute atomic E-state index is 0.0271. The van der Waals surface area contributed by atoms with Crippen LogP contribution < -0.4 is 10.6 Å². The fourth-order valence-corrected chi connectivity index (χ4v) is 3.30. The highest BCUT2D eigenvalue weighted by molar-refractivity contribution is 5.82. The van der Waals surface area contributed by atoms with Gasteiger partial charge in [0, 0.05) is 25.7 Å². The van der Waals surface area contributed by atoms with Crippen LogP contribution in [0.4, 0.5) is 0 Å². The van der Waals surface area contributed by atoms with E-state index < -0.39 is 0 Å². The molecular formula is C17H25N3O. The van der Waals surface area contributed by atoms with Gasteiger partial charge >= 0.3 is 0 Å². The Morgan fingerprint density at radius 1 is 1.43 bits per heavy atom. The van der Waals surface area contributed by atoms with Gasteiger partial charge < -0.3 is 10.6 Å². The van der Waals surface area contributed by atoms with Gasteiger partial charge in [0.25, 0.3) is 0 Å². The highest BCUT2D eigenvalue weighted by Gasteiger charge is 2.24. The van der Waals surface area contributed by atoms with Crippen LogP contribution in [0.3, 0.4) is 0 Å². The second kappa shape index (κ2) is 6.58. The lowest BCUT2D eigenvalue weighted by molar-refractivity contribution is -0.123. The first-order valence-electron chi connectivity index (χ1n) is 8.06. The van der Waals surface area contributed by atoms with E-state index in [2.05, 4.69) is 46.7 Å². The molecule has 2 aliphatic heterocycles. The highest BCUT2D eigenvalue weighted by Crippen LogP contribution is 2.20. The maximum absolute atomic E-state index is 12.0. The number of hydrogen-bond donors (Lipinski definition) is 2. The molecule has 21 heavy (non-hydrogen) atoms. The zero-order chi connectivity index (χ0) is 14.7. The molecule has 0 spiro atoms. The van der Waals surface area contributed by atoms with Crippen molar-refractivity contribution < 1.29 is 4.79 Å². The molecule has 2 atom stereocenters. The molecule has 1 aromatic carbocycles. The minimum atomic E-state index is 0.0271. The molecule has 2 N–H and O–H groups in total. The maximum atomic E-state index is 12.0. The Bertz CT molecular complexity index is 497. The van der Waals surface area contributed by atoms with E-state index in [1.165, 1.54) is 11.1 Å². The van der Waals surface area contributed by atoms with Gasteiger partial charge in [-0.25, -0.2) is 0 Å². The van der Waals surface area contributed by atoms with E-state index >= 15 is 0 Å². The second-order valence-electron chi connectivity index (χ2n) is 6.23. The summed E-state index contributed by atoms with van der Waals surface area (Å²) in [6, 6.07) is 9.08. The summed E-state index contributed by atoms with van der Waals surface area (Å²) in [7, 11) is 0. The Morgan fingerprint density at radius 2 is 2.24 bits per heavy atom. The normalized spacial score (nSPS) is 23.6. The third kappa shape index (κ3) is 3.44. The van der Waals surface area contributed by atoms with Gasteiger partial charge in [0.1, 0.15) is 0 Å². The first-order chi connectivity index (χ1) is 10.2. The summed E-state index contributed by atoms with van der Waals surface area (Å²) < 4.78 is 0. The number of hydrogen-bond acceptors (Lipinski definition) is 3. The Balaban J connectivity index is 1.50. The molecular weight excluding hydrogens is 262 g/mol. The van der Waals surface area contributed by atoms with Gasteiger partial charge in [0.05, 0.1) is 6.04 Å². The zero-order valence-electron chi connectivity index (χ0n) is 12.8. The van der Waals surface area contributed by atoms with E-state index in [1.54, 1.807) is 0 Å². The Labute approximate surface area is 126 Å². The summed E-state index contributed by atoms with van der Waals surface area (Å²) in [5.74, 6) is 0.164. The molecule has 0 bridgehead atoms. The third-order valence-corrected chi connectivity index (χ3v) is 4.73. The maximum Gasteiger partial charge on any atom is 0.237 e. The SMILES string of the molecule is CC(CNC(=O)C1CCCN1)N1CCc2ccccc2C1. The number of benzene rings is 1. The Kier molecular flexibility index (Phi) is 4.56. The quantitative estimate of drug-likeness (QED) is 0.877. The van der Waals surface area contributed by atoms with Gasteiger partial charge in [-0.15, -0.1) is 0 Å². The largest absolute Gasteiger partial charge is 0.353 e. The van der Waals surface area contributed by atoms with Gasteiger partial charge in [0.15, 0.2) is 0 Å². The molecule has 0 aliphatic carbocycles. The number of fused-ring (bicyclic) bond motifs is 1. The van der Waals surface area contributed by atoms with E-state index in [1.807, 2.05) is 0 Å². The molecule has 4 heteroatoms. The second-order valence-corrected chi connectivity index (χ2v) is 6.23. The summed E-state index contributed by atoms with van der Waals surface area (Å²) in [4.78, 5) is 14.5. The molecule has 1 fully saturated rings. The average molecular weight is 287 g/mol. The van der Waals surface area contributed by atoms with Crippen LogP contribution >= 0.6 is 0 Å². The van der Waals surface area contributed by atoms with Crippen LogP contribution in [0.1, 0.15) is 30.9 Å². The summed E-state index contributed by atoms with van der Waals surface area (Å²) >= 11 is 0. The standard InChI is InChI=1S/C17H25N3O/c1-13(11-19-17(21)16-7-4-9-18-16)20-10-8-14-5-2-3-6-15(14)12-20/h2-3,5-6,13,16,18H,4,7-12H2,1H3,(H,19,21). The fourth-order valence-electron chi connectivity index (χ4n) is 3.30. The van der Waals surface area contributed by atoms with Crippen LogP contribution in [-0.2, 0) is 17.8 Å². The molecule has 2 unspecified atom stereocenters. The third-order valence-electron chi connectivity index (χ3n) is 4.73. The first kappa shape index (κ1) is 14.5. The molecule has 4 nitrogen and oxygen atoms in total. The molecule has 114 valence electrons. The van der Waals surface area contributed by atoms with Crippen molar-refractivity contribution in [1.82, 2.24) is 15.5 Å². The van der Waals surface area contributed by atoms with E-state index in [4.69, 9.17) is 0 Å². The highest BCUT2D eigenvalue weighted by atomic mass is 16.2. The molecule has 3 rings (SSSR count). The van der Waals surface area contributed by atoms with Crippen molar-refractivity contribution >= 4 is 5.91 Å². The monoisotopic (exact) mass is 287 g/mol. The molecule has 2 aliphatic rings. The lowest BCUT2D eigenvalue weighted by Crippen LogP contribution is -2.48. The smallest absolute Gasteiger partial charge is 0.237 e. The van der Waals surface area contributed by atoms with Crippen molar-refractivity contribution in [1.29, 1.82) is 0 Å². The van der Waals surface area contributed by atoms with Crippen molar-refractivity contribution in [3.05, 3.63) is 35.4 Å². The number of nitrogens with zero attached hydrogens (tertiary/aromatic N) is 1. The predicted molar refractivity (Wildman–Crippen MR) is 84.1 cm³/mol. The average Bonchev–Trinajstić information content (AvgIpc) is 3.06. The van der Waals surface area contributed by atoms with Crippen LogP contribution in [0, 0.1) is 0 Å². The lowest BCUT2D eigenvalue weighted by atomic mass is 9.99. The predicted octanol–water partition coefficient (Wildman–Crippen LogP) is 1.30. The Morgan fingerprint density at radius 3 is 3.00 bits per heavy atom. The van der Waals surface area contributed by atoms with Crippen molar-refractivity contribution in [3.8, 4) is 0 Å².